The van der Waals surface area contributed by atoms with Crippen molar-refractivity contribution in [3.63, 3.8) is 0 Å². The molecule has 0 radical (unpaired) electrons. The summed E-state index contributed by atoms with van der Waals surface area (Å²) in [5, 5.41) is 23.6. The molecule has 1 aromatic carbocycles. The number of hydrogen-bond donors (Lipinski definition) is 5. The highest BCUT2D eigenvalue weighted by Gasteiger charge is 2.44. The van der Waals surface area contributed by atoms with Gasteiger partial charge in [0.15, 0.2) is 5.78 Å². The van der Waals surface area contributed by atoms with Gasteiger partial charge < -0.3 is 41.1 Å². The Balaban J connectivity index is 0.730. The summed E-state index contributed by atoms with van der Waals surface area (Å²) in [6, 6.07) is 9.93. The summed E-state index contributed by atoms with van der Waals surface area (Å²) < 4.78 is 1.69. The van der Waals surface area contributed by atoms with Gasteiger partial charge in [-0.25, -0.2) is 15.0 Å². The van der Waals surface area contributed by atoms with Gasteiger partial charge in [-0.1, -0.05) is 64.3 Å². The topological polar surface area (TPSA) is 237 Å². The molecule has 3 atom stereocenters. The number of aliphatic hydroxyl groups excluding tert-OH is 1. The highest BCUT2D eigenvalue weighted by atomic mass is 32.1. The maximum atomic E-state index is 14.1. The number of benzene rings is 1. The van der Waals surface area contributed by atoms with Crippen molar-refractivity contribution in [2.24, 2.45) is 5.41 Å². The molecule has 394 valence electrons. The molecule has 3 aliphatic rings. The van der Waals surface area contributed by atoms with Gasteiger partial charge in [0.25, 0.3) is 5.56 Å². The van der Waals surface area contributed by atoms with E-state index in [2.05, 4.69) is 41.1 Å². The van der Waals surface area contributed by atoms with Crippen LogP contribution in [0, 0.1) is 19.3 Å². The third-order valence-electron chi connectivity index (χ3n) is 14.5. The zero-order chi connectivity index (χ0) is 52.7. The Bertz CT molecular complexity index is 2890. The third kappa shape index (κ3) is 12.6. The molecular formula is C54H70N12O7S. The van der Waals surface area contributed by atoms with Crippen molar-refractivity contribution >= 4 is 69.2 Å². The molecule has 0 spiro atoms. The molecule has 1 saturated carbocycles. The molecule has 6 heterocycles. The van der Waals surface area contributed by atoms with Crippen LogP contribution < -0.4 is 31.7 Å². The van der Waals surface area contributed by atoms with E-state index in [0.29, 0.717) is 67.5 Å². The first-order valence-corrected chi connectivity index (χ1v) is 26.8. The van der Waals surface area contributed by atoms with Crippen molar-refractivity contribution in [2.75, 3.05) is 56.0 Å². The van der Waals surface area contributed by atoms with Gasteiger partial charge in [-0.05, 0) is 87.2 Å². The first-order chi connectivity index (χ1) is 35.5. The van der Waals surface area contributed by atoms with Gasteiger partial charge in [0, 0.05) is 69.7 Å². The Morgan fingerprint density at radius 3 is 2.31 bits per heavy atom. The molecule has 74 heavy (non-hydrogen) atoms. The third-order valence-corrected chi connectivity index (χ3v) is 15.5. The molecule has 3 fully saturated rings. The number of carbonyl (C=O) groups excluding carboxylic acids is 5. The predicted octanol–water partition coefficient (Wildman–Crippen LogP) is 5.60. The number of piperazine rings is 1. The molecule has 1 aliphatic carbocycles. The fourth-order valence-corrected chi connectivity index (χ4v) is 11.1. The van der Waals surface area contributed by atoms with Crippen LogP contribution in [-0.4, -0.2) is 133 Å². The van der Waals surface area contributed by atoms with Crippen molar-refractivity contribution in [1.82, 2.24) is 50.3 Å². The van der Waals surface area contributed by atoms with Crippen molar-refractivity contribution in [2.45, 2.75) is 130 Å². The van der Waals surface area contributed by atoms with Gasteiger partial charge in [-0.3, -0.25) is 33.3 Å². The van der Waals surface area contributed by atoms with Crippen LogP contribution in [0.25, 0.3) is 21.5 Å². The van der Waals surface area contributed by atoms with Crippen molar-refractivity contribution < 1.29 is 29.1 Å². The van der Waals surface area contributed by atoms with E-state index < -0.39 is 29.5 Å². The number of ketones is 1. The molecule has 5 aromatic rings. The van der Waals surface area contributed by atoms with Crippen molar-refractivity contribution in [3.8, 4) is 10.4 Å². The van der Waals surface area contributed by atoms with E-state index in [1.54, 1.807) is 35.2 Å². The maximum Gasteiger partial charge on any atom is 0.263 e. The van der Waals surface area contributed by atoms with Crippen molar-refractivity contribution in [1.29, 1.82) is 0 Å². The molecule has 4 aromatic heterocycles. The Morgan fingerprint density at radius 1 is 0.905 bits per heavy atom. The Labute approximate surface area is 436 Å². The number of thiazole rings is 1. The number of hydrogen-bond acceptors (Lipinski definition) is 15. The summed E-state index contributed by atoms with van der Waals surface area (Å²) in [5.74, 6) is -0.398. The van der Waals surface area contributed by atoms with Crippen LogP contribution in [-0.2, 0) is 25.7 Å². The molecule has 20 heteroatoms. The van der Waals surface area contributed by atoms with Crippen LogP contribution in [0.5, 0.6) is 0 Å². The average Bonchev–Trinajstić information content (AvgIpc) is 4.16. The number of unbranched alkanes of at least 4 members (excludes halogenated alkanes) is 2. The van der Waals surface area contributed by atoms with Crippen LogP contribution in [0.2, 0.25) is 0 Å². The molecule has 0 unspecified atom stereocenters. The minimum atomic E-state index is -0.897. The number of β-amino-alcohol motifs (C(OH)–C–C–N with tert-alkyl or cyclic N) is 1. The first-order valence-electron chi connectivity index (χ1n) is 25.9. The number of aryl methyl sites for hydroxylation is 2. The maximum absolute atomic E-state index is 14.1. The summed E-state index contributed by atoms with van der Waals surface area (Å²) in [5.41, 5.74) is 6.00. The number of carbonyl (C=O) groups is 5. The number of Topliss-reactive ketones (excluding diaryl/α,β-unsaturated/α-hetero) is 1. The number of anilines is 3. The van der Waals surface area contributed by atoms with Crippen LogP contribution in [0.4, 0.5) is 17.5 Å². The van der Waals surface area contributed by atoms with Gasteiger partial charge in [-0.15, -0.1) is 11.3 Å². The number of aliphatic hydroxyl groups is 1. The fraction of sp³-hybridized carbons (Fsp3) is 0.519. The molecule has 19 nitrogen and oxygen atoms in total. The van der Waals surface area contributed by atoms with E-state index in [-0.39, 0.29) is 73.1 Å². The zero-order valence-electron chi connectivity index (χ0n) is 43.4. The molecular weight excluding hydrogens is 961 g/mol. The Morgan fingerprint density at radius 2 is 1.65 bits per heavy atom. The molecule has 2 saturated heterocycles. The number of aromatic nitrogens is 5. The zero-order valence-corrected chi connectivity index (χ0v) is 44.2. The SMILES string of the molecule is CC(=O)c1c(C)c2cnc(Nc3ccc(N4CCN(C(=O)CNCCCCCC(=O)N[C@H](C(=O)N5C[C@H](O)C[C@H]5C(=O)NCc5ccc(-c6scnc6C)cc5)C(C)(C)C)CC4)cn3)nc2n(C2CCCC2)c1=O. The van der Waals surface area contributed by atoms with Gasteiger partial charge in [-0.2, -0.15) is 4.98 Å². The van der Waals surface area contributed by atoms with E-state index in [1.807, 2.05) is 74.5 Å². The lowest BCUT2D eigenvalue weighted by atomic mass is 9.85. The number of likely N-dealkylation sites (tertiary alicyclic amines) is 1. The summed E-state index contributed by atoms with van der Waals surface area (Å²) in [4.78, 5) is 105. The smallest absolute Gasteiger partial charge is 0.263 e. The van der Waals surface area contributed by atoms with Gasteiger partial charge >= 0.3 is 0 Å². The van der Waals surface area contributed by atoms with E-state index >= 15 is 0 Å². The quantitative estimate of drug-likeness (QED) is 0.0501. The summed E-state index contributed by atoms with van der Waals surface area (Å²) >= 11 is 1.57. The summed E-state index contributed by atoms with van der Waals surface area (Å²) in [6.07, 6.45) is 8.79. The highest BCUT2D eigenvalue weighted by Crippen LogP contribution is 2.33. The number of fused-ring (bicyclic) bond motifs is 1. The van der Waals surface area contributed by atoms with E-state index in [1.165, 1.54) is 11.8 Å². The first kappa shape index (κ1) is 53.6. The monoisotopic (exact) mass is 1030 g/mol. The molecule has 2 aliphatic heterocycles. The second-order valence-corrected chi connectivity index (χ2v) is 21.8. The normalized spacial score (nSPS) is 17.7. The van der Waals surface area contributed by atoms with Gasteiger partial charge in [0.2, 0.25) is 29.6 Å². The number of nitrogens with zero attached hydrogens (tertiary/aromatic N) is 8. The average molecular weight is 1030 g/mol. The number of amides is 4. The summed E-state index contributed by atoms with van der Waals surface area (Å²) in [6.45, 7) is 14.3. The number of rotatable bonds is 19. The van der Waals surface area contributed by atoms with E-state index in [4.69, 9.17) is 4.98 Å². The Kier molecular flexibility index (Phi) is 17.2. The minimum absolute atomic E-state index is 0.00499. The fourth-order valence-electron chi connectivity index (χ4n) is 10.3. The highest BCUT2D eigenvalue weighted by molar-refractivity contribution is 7.13. The number of nitrogens with one attached hydrogen (secondary N) is 4. The minimum Gasteiger partial charge on any atom is -0.391 e. The molecule has 8 rings (SSSR count). The molecule has 0 bridgehead atoms. The summed E-state index contributed by atoms with van der Waals surface area (Å²) in [7, 11) is 0. The van der Waals surface area contributed by atoms with Crippen LogP contribution in [0.1, 0.15) is 119 Å². The Hall–Kier alpha value is -6.64. The lowest BCUT2D eigenvalue weighted by Gasteiger charge is -2.36. The van der Waals surface area contributed by atoms with E-state index in [0.717, 1.165) is 65.9 Å². The van der Waals surface area contributed by atoms with Crippen LogP contribution in [0.3, 0.4) is 0 Å². The van der Waals surface area contributed by atoms with Crippen LogP contribution >= 0.6 is 11.3 Å². The second kappa shape index (κ2) is 23.7. The standard InChI is InChI=1S/C54H70N12O7S/c1-33-41-29-58-53(62-49(41)66(38-12-9-10-13-38)51(72)46(33)35(3)67)60-43-20-19-39(28-56-43)63-22-24-64(25-23-63)45(70)30-55-21-11-7-8-14-44(69)61-48(54(4,5)6)52(73)65-31-40(68)26-42(65)50(71)57-27-36-15-17-37(18-16-36)47-34(2)59-32-74-47/h15-20,28-29,32,38,40,42,48,55,68H,7-14,21-27,30-31H2,1-6H3,(H,57,71)(H,61,69)(H,56,58,60,62)/t40-,42+,48-/m1/s1. The second-order valence-electron chi connectivity index (χ2n) is 20.9. The number of pyridine rings is 2. The van der Waals surface area contributed by atoms with Gasteiger partial charge in [0.1, 0.15) is 23.5 Å². The van der Waals surface area contributed by atoms with E-state index in [9.17, 15) is 33.9 Å². The largest absolute Gasteiger partial charge is 0.391 e. The van der Waals surface area contributed by atoms with Crippen LogP contribution in [0.15, 0.2) is 59.1 Å². The lowest BCUT2D eigenvalue weighted by Crippen LogP contribution is -2.57. The van der Waals surface area contributed by atoms with Gasteiger partial charge in [0.05, 0.1) is 46.2 Å². The molecule has 5 N–H and O–H groups in total. The predicted molar refractivity (Wildman–Crippen MR) is 285 cm³/mol. The lowest BCUT2D eigenvalue weighted by molar-refractivity contribution is -0.144. The molecule has 4 amide bonds. The van der Waals surface area contributed by atoms with Crippen molar-refractivity contribution in [3.05, 3.63) is 87.0 Å².